The average Bonchev–Trinajstić information content (AvgIpc) is 2.68. The van der Waals surface area contributed by atoms with Crippen molar-refractivity contribution in [3.8, 4) is 5.75 Å². The van der Waals surface area contributed by atoms with Gasteiger partial charge in [0.15, 0.2) is 0 Å². The standard InChI is InChI=1S/C24H31ClN2O3/c1-6-21(23(29)26-24(2,3)4)27(16-18-8-7-9-20(14-18)30-5)22(28)15-17-10-12-19(25)13-11-17/h7-14,21H,6,15-16H2,1-5H3,(H,26,29)/t21-/m0/s1. The maximum atomic E-state index is 13.3. The summed E-state index contributed by atoms with van der Waals surface area (Å²) in [6.45, 7) is 8.03. The lowest BCUT2D eigenvalue weighted by Gasteiger charge is -2.33. The van der Waals surface area contributed by atoms with Gasteiger partial charge < -0.3 is 15.0 Å². The predicted octanol–water partition coefficient (Wildman–Crippen LogP) is 4.61. The maximum absolute atomic E-state index is 13.3. The maximum Gasteiger partial charge on any atom is 0.243 e. The fourth-order valence-electron chi connectivity index (χ4n) is 3.22. The molecule has 0 spiro atoms. The Hall–Kier alpha value is -2.53. The van der Waals surface area contributed by atoms with Gasteiger partial charge in [-0.1, -0.05) is 42.8 Å². The Morgan fingerprint density at radius 2 is 1.77 bits per heavy atom. The van der Waals surface area contributed by atoms with Gasteiger partial charge in [-0.25, -0.2) is 0 Å². The molecule has 2 aromatic carbocycles. The molecule has 0 radical (unpaired) electrons. The molecule has 2 aromatic rings. The number of halogens is 1. The van der Waals surface area contributed by atoms with Crippen LogP contribution in [0.4, 0.5) is 0 Å². The molecule has 1 N–H and O–H groups in total. The van der Waals surface area contributed by atoms with E-state index < -0.39 is 6.04 Å². The van der Waals surface area contributed by atoms with Gasteiger partial charge in [-0.3, -0.25) is 9.59 Å². The minimum Gasteiger partial charge on any atom is -0.497 e. The van der Waals surface area contributed by atoms with Crippen molar-refractivity contribution in [2.45, 2.75) is 58.7 Å². The average molecular weight is 431 g/mol. The summed E-state index contributed by atoms with van der Waals surface area (Å²) in [7, 11) is 1.61. The lowest BCUT2D eigenvalue weighted by Crippen LogP contribution is -2.53. The Morgan fingerprint density at radius 1 is 1.10 bits per heavy atom. The van der Waals surface area contributed by atoms with E-state index in [1.54, 1.807) is 24.1 Å². The molecular formula is C24H31ClN2O3. The number of ether oxygens (including phenoxy) is 1. The molecule has 30 heavy (non-hydrogen) atoms. The third-order valence-electron chi connectivity index (χ3n) is 4.64. The van der Waals surface area contributed by atoms with E-state index in [0.29, 0.717) is 23.7 Å². The highest BCUT2D eigenvalue weighted by molar-refractivity contribution is 6.30. The number of rotatable bonds is 8. The number of methoxy groups -OCH3 is 1. The van der Waals surface area contributed by atoms with Crippen molar-refractivity contribution in [3.63, 3.8) is 0 Å². The van der Waals surface area contributed by atoms with Crippen molar-refractivity contribution in [2.24, 2.45) is 0 Å². The third-order valence-corrected chi connectivity index (χ3v) is 4.89. The van der Waals surface area contributed by atoms with Crippen LogP contribution in [0.1, 0.15) is 45.2 Å². The molecule has 5 nitrogen and oxygen atoms in total. The quantitative estimate of drug-likeness (QED) is 0.665. The monoisotopic (exact) mass is 430 g/mol. The van der Waals surface area contributed by atoms with E-state index in [1.807, 2.05) is 64.1 Å². The van der Waals surface area contributed by atoms with Crippen LogP contribution in [-0.4, -0.2) is 35.4 Å². The van der Waals surface area contributed by atoms with Crippen LogP contribution >= 0.6 is 11.6 Å². The number of hydrogen-bond acceptors (Lipinski definition) is 3. The fourth-order valence-corrected chi connectivity index (χ4v) is 3.34. The van der Waals surface area contributed by atoms with Gasteiger partial charge >= 0.3 is 0 Å². The number of benzene rings is 2. The predicted molar refractivity (Wildman–Crippen MR) is 121 cm³/mol. The van der Waals surface area contributed by atoms with Crippen LogP contribution < -0.4 is 10.1 Å². The first-order valence-corrected chi connectivity index (χ1v) is 10.5. The first-order valence-electron chi connectivity index (χ1n) is 10.1. The number of nitrogens with zero attached hydrogens (tertiary/aromatic N) is 1. The molecule has 6 heteroatoms. The highest BCUT2D eigenvalue weighted by Crippen LogP contribution is 2.19. The lowest BCUT2D eigenvalue weighted by molar-refractivity contribution is -0.141. The van der Waals surface area contributed by atoms with Gasteiger partial charge in [0.1, 0.15) is 11.8 Å². The minimum absolute atomic E-state index is 0.115. The SMILES string of the molecule is CC[C@@H](C(=O)NC(C)(C)C)N(Cc1cccc(OC)c1)C(=O)Cc1ccc(Cl)cc1. The third kappa shape index (κ3) is 7.06. The van der Waals surface area contributed by atoms with E-state index in [9.17, 15) is 9.59 Å². The summed E-state index contributed by atoms with van der Waals surface area (Å²) in [6, 6.07) is 14.2. The second-order valence-electron chi connectivity index (χ2n) is 8.34. The van der Waals surface area contributed by atoms with Crippen LogP contribution in [0, 0.1) is 0 Å². The van der Waals surface area contributed by atoms with Crippen LogP contribution in [0.15, 0.2) is 48.5 Å². The summed E-state index contributed by atoms with van der Waals surface area (Å²) in [5, 5.41) is 3.63. The van der Waals surface area contributed by atoms with Gasteiger partial charge in [-0.15, -0.1) is 0 Å². The van der Waals surface area contributed by atoms with E-state index in [2.05, 4.69) is 5.32 Å². The Labute approximate surface area is 184 Å². The smallest absolute Gasteiger partial charge is 0.243 e. The van der Waals surface area contributed by atoms with Crippen molar-refractivity contribution >= 4 is 23.4 Å². The molecule has 1 atom stereocenters. The molecule has 0 saturated carbocycles. The summed E-state index contributed by atoms with van der Waals surface area (Å²) in [5.41, 5.74) is 1.37. The summed E-state index contributed by atoms with van der Waals surface area (Å²) < 4.78 is 5.31. The summed E-state index contributed by atoms with van der Waals surface area (Å²) >= 11 is 5.96. The van der Waals surface area contributed by atoms with Gasteiger partial charge in [-0.05, 0) is 62.6 Å². The number of carbonyl (C=O) groups is 2. The first kappa shape index (κ1) is 23.7. The number of amides is 2. The molecule has 0 fully saturated rings. The highest BCUT2D eigenvalue weighted by atomic mass is 35.5. The second-order valence-corrected chi connectivity index (χ2v) is 8.78. The Kier molecular flexibility index (Phi) is 8.30. The molecule has 2 rings (SSSR count). The lowest BCUT2D eigenvalue weighted by atomic mass is 10.0. The molecular weight excluding hydrogens is 400 g/mol. The zero-order chi connectivity index (χ0) is 22.3. The van der Waals surface area contributed by atoms with Crippen molar-refractivity contribution in [3.05, 3.63) is 64.7 Å². The van der Waals surface area contributed by atoms with E-state index in [-0.39, 0.29) is 23.8 Å². The van der Waals surface area contributed by atoms with E-state index >= 15 is 0 Å². The molecule has 0 unspecified atom stereocenters. The molecule has 0 heterocycles. The van der Waals surface area contributed by atoms with Crippen molar-refractivity contribution in [1.29, 1.82) is 0 Å². The Bertz CT molecular complexity index is 859. The van der Waals surface area contributed by atoms with E-state index in [1.165, 1.54) is 0 Å². The molecule has 0 aromatic heterocycles. The van der Waals surface area contributed by atoms with Crippen LogP contribution in [0.25, 0.3) is 0 Å². The van der Waals surface area contributed by atoms with Gasteiger partial charge in [0.2, 0.25) is 11.8 Å². The van der Waals surface area contributed by atoms with Gasteiger partial charge in [0.05, 0.1) is 13.5 Å². The second kappa shape index (κ2) is 10.5. The van der Waals surface area contributed by atoms with E-state index in [0.717, 1.165) is 11.1 Å². The van der Waals surface area contributed by atoms with Crippen molar-refractivity contribution in [1.82, 2.24) is 10.2 Å². The molecule has 2 amide bonds. The van der Waals surface area contributed by atoms with E-state index in [4.69, 9.17) is 16.3 Å². The van der Waals surface area contributed by atoms with Crippen molar-refractivity contribution in [2.75, 3.05) is 7.11 Å². The first-order chi connectivity index (χ1) is 14.1. The molecule has 0 saturated heterocycles. The molecule has 162 valence electrons. The largest absolute Gasteiger partial charge is 0.497 e. The Morgan fingerprint density at radius 3 is 2.33 bits per heavy atom. The number of nitrogens with one attached hydrogen (secondary N) is 1. The molecule has 0 aliphatic rings. The summed E-state index contributed by atoms with van der Waals surface area (Å²) in [4.78, 5) is 28.0. The van der Waals surface area contributed by atoms with Crippen molar-refractivity contribution < 1.29 is 14.3 Å². The zero-order valence-corrected chi connectivity index (χ0v) is 19.1. The minimum atomic E-state index is -0.574. The summed E-state index contributed by atoms with van der Waals surface area (Å²) in [5.74, 6) is 0.443. The molecule has 0 bridgehead atoms. The van der Waals surface area contributed by atoms with Gasteiger partial charge in [0, 0.05) is 17.1 Å². The van der Waals surface area contributed by atoms with Gasteiger partial charge in [-0.2, -0.15) is 0 Å². The van der Waals surface area contributed by atoms with Crippen LogP contribution in [-0.2, 0) is 22.6 Å². The summed E-state index contributed by atoms with van der Waals surface area (Å²) in [6.07, 6.45) is 0.707. The van der Waals surface area contributed by atoms with Gasteiger partial charge in [0.25, 0.3) is 0 Å². The molecule has 0 aliphatic carbocycles. The van der Waals surface area contributed by atoms with Crippen LogP contribution in [0.5, 0.6) is 5.75 Å². The fraction of sp³-hybridized carbons (Fsp3) is 0.417. The number of hydrogen-bond donors (Lipinski definition) is 1. The van der Waals surface area contributed by atoms with Crippen LogP contribution in [0.2, 0.25) is 5.02 Å². The number of carbonyl (C=O) groups excluding carboxylic acids is 2. The normalized spacial score (nSPS) is 12.2. The van der Waals surface area contributed by atoms with Crippen LogP contribution in [0.3, 0.4) is 0 Å². The topological polar surface area (TPSA) is 58.6 Å². The zero-order valence-electron chi connectivity index (χ0n) is 18.4. The molecule has 0 aliphatic heterocycles. The highest BCUT2D eigenvalue weighted by Gasteiger charge is 2.30. The Balaban J connectivity index is 2.32.